The lowest BCUT2D eigenvalue weighted by Gasteiger charge is -2.01. The molecule has 4 heteroatoms. The molecule has 68 valence electrons. The van der Waals surface area contributed by atoms with Crippen LogP contribution in [0.2, 0.25) is 0 Å². The minimum absolute atomic E-state index is 0.227. The van der Waals surface area contributed by atoms with Crippen molar-refractivity contribution in [3.63, 3.8) is 0 Å². The molecule has 0 saturated heterocycles. The highest BCUT2D eigenvalue weighted by molar-refractivity contribution is 5.80. The summed E-state index contributed by atoms with van der Waals surface area (Å²) in [5.74, 6) is -1.44. The number of hydrogen-bond acceptors (Lipinski definition) is 1. The van der Waals surface area contributed by atoms with Crippen LogP contribution in [-0.4, -0.2) is 10.1 Å². The van der Waals surface area contributed by atoms with Gasteiger partial charge in [-0.2, -0.15) is 0 Å². The first kappa shape index (κ1) is 8.19. The summed E-state index contributed by atoms with van der Waals surface area (Å²) < 4.78 is 26.4. The van der Waals surface area contributed by atoms with Crippen molar-refractivity contribution in [1.29, 1.82) is 0 Å². The number of H-pyrrole nitrogens is 1. The molecule has 0 spiro atoms. The predicted molar refractivity (Wildman–Crippen MR) is 44.1 cm³/mol. The normalized spacial score (nSPS) is 11.0. The molecule has 0 amide bonds. The second kappa shape index (κ2) is 2.81. The molecule has 0 aliphatic heterocycles. The Morgan fingerprint density at radius 2 is 2.15 bits per heavy atom. The van der Waals surface area contributed by atoms with Crippen molar-refractivity contribution >= 4 is 10.9 Å². The number of aromatic nitrogens is 1. The maximum absolute atomic E-state index is 13.3. The van der Waals surface area contributed by atoms with E-state index in [2.05, 4.69) is 4.98 Å². The van der Waals surface area contributed by atoms with Gasteiger partial charge in [-0.3, -0.25) is 0 Å². The number of aromatic amines is 1. The van der Waals surface area contributed by atoms with Gasteiger partial charge in [-0.05, 0) is 12.1 Å². The van der Waals surface area contributed by atoms with E-state index in [1.807, 2.05) is 0 Å². The van der Waals surface area contributed by atoms with Crippen molar-refractivity contribution in [1.82, 2.24) is 4.98 Å². The monoisotopic (exact) mass is 183 g/mol. The molecule has 2 aromatic rings. The molecule has 2 nitrogen and oxygen atoms in total. The fourth-order valence-electron chi connectivity index (χ4n) is 1.32. The van der Waals surface area contributed by atoms with Crippen LogP contribution >= 0.6 is 0 Å². The molecule has 2 rings (SSSR count). The molecule has 0 aliphatic carbocycles. The van der Waals surface area contributed by atoms with Crippen LogP contribution in [-0.2, 0) is 6.61 Å². The van der Waals surface area contributed by atoms with Crippen LogP contribution in [0.1, 0.15) is 5.56 Å². The number of halogens is 2. The third-order valence-electron chi connectivity index (χ3n) is 1.99. The van der Waals surface area contributed by atoms with Crippen molar-refractivity contribution < 1.29 is 13.9 Å². The van der Waals surface area contributed by atoms with E-state index in [0.717, 1.165) is 0 Å². The summed E-state index contributed by atoms with van der Waals surface area (Å²) in [6, 6.07) is 2.77. The van der Waals surface area contributed by atoms with E-state index < -0.39 is 18.2 Å². The highest BCUT2D eigenvalue weighted by Gasteiger charge is 2.12. The standard InChI is InChI=1S/C9H7F2NO/c10-7-3-5-1-2-12-9(5)8(11)6(7)4-13/h1-3,12-13H,4H2. The minimum atomic E-state index is -0.720. The first-order chi connectivity index (χ1) is 6.24. The second-order valence-electron chi connectivity index (χ2n) is 2.75. The first-order valence-electron chi connectivity index (χ1n) is 3.79. The predicted octanol–water partition coefficient (Wildman–Crippen LogP) is 1.94. The molecule has 0 saturated carbocycles. The van der Waals surface area contributed by atoms with E-state index in [-0.39, 0.29) is 11.1 Å². The van der Waals surface area contributed by atoms with Gasteiger partial charge in [0.05, 0.1) is 17.7 Å². The molecular formula is C9H7F2NO. The number of aliphatic hydroxyl groups excluding tert-OH is 1. The van der Waals surface area contributed by atoms with Crippen molar-refractivity contribution in [2.45, 2.75) is 6.61 Å². The third kappa shape index (κ3) is 1.10. The van der Waals surface area contributed by atoms with Gasteiger partial charge in [-0.15, -0.1) is 0 Å². The highest BCUT2D eigenvalue weighted by Crippen LogP contribution is 2.22. The molecule has 0 aliphatic rings. The Morgan fingerprint density at radius 3 is 2.85 bits per heavy atom. The number of hydrogen-bond donors (Lipinski definition) is 2. The summed E-state index contributed by atoms with van der Waals surface area (Å²) in [4.78, 5) is 2.64. The quantitative estimate of drug-likeness (QED) is 0.696. The zero-order valence-corrected chi connectivity index (χ0v) is 6.64. The van der Waals surface area contributed by atoms with E-state index in [4.69, 9.17) is 5.11 Å². The fourth-order valence-corrected chi connectivity index (χ4v) is 1.32. The summed E-state index contributed by atoms with van der Waals surface area (Å²) in [6.45, 7) is -0.632. The Hall–Kier alpha value is -1.42. The van der Waals surface area contributed by atoms with Crippen LogP contribution < -0.4 is 0 Å². The fraction of sp³-hybridized carbons (Fsp3) is 0.111. The van der Waals surface area contributed by atoms with Gasteiger partial charge in [0.2, 0.25) is 0 Å². The zero-order chi connectivity index (χ0) is 9.42. The van der Waals surface area contributed by atoms with E-state index in [1.165, 1.54) is 12.3 Å². The van der Waals surface area contributed by atoms with Crippen LogP contribution in [0, 0.1) is 11.6 Å². The average molecular weight is 183 g/mol. The minimum Gasteiger partial charge on any atom is -0.391 e. The molecule has 1 aromatic carbocycles. The molecule has 0 radical (unpaired) electrons. The van der Waals surface area contributed by atoms with Crippen molar-refractivity contribution in [3.8, 4) is 0 Å². The maximum atomic E-state index is 13.3. The van der Waals surface area contributed by atoms with Crippen LogP contribution in [0.3, 0.4) is 0 Å². The summed E-state index contributed by atoms with van der Waals surface area (Å²) in [6.07, 6.45) is 1.52. The lowest BCUT2D eigenvalue weighted by atomic mass is 10.1. The van der Waals surface area contributed by atoms with Crippen LogP contribution in [0.25, 0.3) is 10.9 Å². The lowest BCUT2D eigenvalue weighted by molar-refractivity contribution is 0.269. The Labute approximate surface area is 72.8 Å². The van der Waals surface area contributed by atoms with Crippen LogP contribution in [0.4, 0.5) is 8.78 Å². The van der Waals surface area contributed by atoms with E-state index >= 15 is 0 Å². The SMILES string of the molecule is OCc1c(F)cc2cc[nH]c2c1F. The number of aliphatic hydroxyl groups is 1. The van der Waals surface area contributed by atoms with Gasteiger partial charge >= 0.3 is 0 Å². The van der Waals surface area contributed by atoms with Gasteiger partial charge in [-0.25, -0.2) is 8.78 Å². The first-order valence-corrected chi connectivity index (χ1v) is 3.79. The van der Waals surface area contributed by atoms with Gasteiger partial charge in [0.15, 0.2) is 5.82 Å². The van der Waals surface area contributed by atoms with Crippen LogP contribution in [0.15, 0.2) is 18.3 Å². The Balaban J connectivity index is 2.85. The molecule has 0 bridgehead atoms. The summed E-state index contributed by atoms with van der Waals surface area (Å²) in [5, 5.41) is 9.17. The zero-order valence-electron chi connectivity index (χ0n) is 6.64. The average Bonchev–Trinajstić information content (AvgIpc) is 2.53. The summed E-state index contributed by atoms with van der Waals surface area (Å²) >= 11 is 0. The molecule has 1 aromatic heterocycles. The van der Waals surface area contributed by atoms with E-state index in [1.54, 1.807) is 6.07 Å². The molecular weight excluding hydrogens is 176 g/mol. The Kier molecular flexibility index (Phi) is 1.77. The summed E-state index contributed by atoms with van der Waals surface area (Å²) in [7, 11) is 0. The van der Waals surface area contributed by atoms with Gasteiger partial charge in [0.1, 0.15) is 5.82 Å². The number of fused-ring (bicyclic) bond motifs is 1. The molecule has 0 fully saturated rings. The molecule has 0 atom stereocenters. The second-order valence-corrected chi connectivity index (χ2v) is 2.75. The van der Waals surface area contributed by atoms with Crippen molar-refractivity contribution in [3.05, 3.63) is 35.5 Å². The third-order valence-corrected chi connectivity index (χ3v) is 1.99. The van der Waals surface area contributed by atoms with Crippen molar-refractivity contribution in [2.75, 3.05) is 0 Å². The summed E-state index contributed by atoms with van der Waals surface area (Å²) in [5.41, 5.74) is -0.0691. The van der Waals surface area contributed by atoms with E-state index in [9.17, 15) is 8.78 Å². The number of rotatable bonds is 1. The van der Waals surface area contributed by atoms with Gasteiger partial charge in [0, 0.05) is 11.6 Å². The molecule has 0 unspecified atom stereocenters. The van der Waals surface area contributed by atoms with Crippen molar-refractivity contribution in [2.24, 2.45) is 0 Å². The Morgan fingerprint density at radius 1 is 1.38 bits per heavy atom. The van der Waals surface area contributed by atoms with Gasteiger partial charge in [-0.1, -0.05) is 0 Å². The van der Waals surface area contributed by atoms with Gasteiger partial charge in [0.25, 0.3) is 0 Å². The highest BCUT2D eigenvalue weighted by atomic mass is 19.1. The lowest BCUT2D eigenvalue weighted by Crippen LogP contribution is -1.95. The topological polar surface area (TPSA) is 36.0 Å². The van der Waals surface area contributed by atoms with Crippen LogP contribution in [0.5, 0.6) is 0 Å². The van der Waals surface area contributed by atoms with Gasteiger partial charge < -0.3 is 10.1 Å². The van der Waals surface area contributed by atoms with E-state index in [0.29, 0.717) is 5.39 Å². The Bertz CT molecular complexity index is 450. The smallest absolute Gasteiger partial charge is 0.155 e. The number of nitrogens with one attached hydrogen (secondary N) is 1. The largest absolute Gasteiger partial charge is 0.391 e. The number of benzene rings is 1. The molecule has 2 N–H and O–H groups in total. The maximum Gasteiger partial charge on any atom is 0.155 e. The molecule has 1 heterocycles. The molecule has 13 heavy (non-hydrogen) atoms.